The molecule has 0 saturated carbocycles. The topological polar surface area (TPSA) is 102 Å². The van der Waals surface area contributed by atoms with E-state index in [9.17, 15) is 14.4 Å². The van der Waals surface area contributed by atoms with E-state index in [1.54, 1.807) is 31.2 Å². The van der Waals surface area contributed by atoms with Gasteiger partial charge in [0.15, 0.2) is 12.2 Å². The standard InChI is InChI=1S/C25H27N3O6/c1-2-32-23(30)16-28(19-8-4-3-5-9-19)22(29)17-33-24(31)18-12-14-27(15-13-18)25-26-20-10-6-7-11-21(20)34-25/h3-11,18H,2,12-17H2,1H3. The number of esters is 2. The number of nitrogens with zero attached hydrogens (tertiary/aromatic N) is 3. The van der Waals surface area contributed by atoms with Gasteiger partial charge >= 0.3 is 11.9 Å². The molecule has 1 aromatic heterocycles. The van der Waals surface area contributed by atoms with Crippen molar-refractivity contribution in [3.63, 3.8) is 0 Å². The lowest BCUT2D eigenvalue weighted by molar-refractivity contribution is -0.152. The highest BCUT2D eigenvalue weighted by atomic mass is 16.5. The fourth-order valence-electron chi connectivity index (χ4n) is 3.90. The highest BCUT2D eigenvalue weighted by molar-refractivity contribution is 5.99. The van der Waals surface area contributed by atoms with Crippen LogP contribution in [-0.4, -0.2) is 55.7 Å². The summed E-state index contributed by atoms with van der Waals surface area (Å²) in [5, 5.41) is 0. The number of benzene rings is 2. The van der Waals surface area contributed by atoms with Gasteiger partial charge in [0.05, 0.1) is 12.5 Å². The number of anilines is 2. The number of hydrogen-bond donors (Lipinski definition) is 0. The number of hydrogen-bond acceptors (Lipinski definition) is 8. The molecule has 2 heterocycles. The first-order valence-electron chi connectivity index (χ1n) is 11.3. The van der Waals surface area contributed by atoms with Crippen LogP contribution in [0.25, 0.3) is 11.1 Å². The van der Waals surface area contributed by atoms with Gasteiger partial charge in [-0.25, -0.2) is 0 Å². The molecule has 0 bridgehead atoms. The van der Waals surface area contributed by atoms with Crippen LogP contribution < -0.4 is 9.80 Å². The van der Waals surface area contributed by atoms with E-state index >= 15 is 0 Å². The quantitative estimate of drug-likeness (QED) is 0.468. The first-order valence-corrected chi connectivity index (χ1v) is 11.3. The number of rotatable bonds is 8. The van der Waals surface area contributed by atoms with Crippen molar-refractivity contribution >= 4 is 40.6 Å². The minimum atomic E-state index is -0.530. The fraction of sp³-hybridized carbons (Fsp3) is 0.360. The van der Waals surface area contributed by atoms with Crippen molar-refractivity contribution < 1.29 is 28.3 Å². The third kappa shape index (κ3) is 5.54. The van der Waals surface area contributed by atoms with Crippen LogP contribution in [0.2, 0.25) is 0 Å². The van der Waals surface area contributed by atoms with Gasteiger partial charge in [0.2, 0.25) is 0 Å². The second-order valence-corrected chi connectivity index (χ2v) is 7.95. The van der Waals surface area contributed by atoms with Crippen molar-refractivity contribution in [2.24, 2.45) is 5.92 Å². The van der Waals surface area contributed by atoms with E-state index in [4.69, 9.17) is 13.9 Å². The zero-order valence-electron chi connectivity index (χ0n) is 19.0. The van der Waals surface area contributed by atoms with E-state index < -0.39 is 24.5 Å². The van der Waals surface area contributed by atoms with Crippen molar-refractivity contribution in [2.45, 2.75) is 19.8 Å². The van der Waals surface area contributed by atoms with Crippen LogP contribution in [0.3, 0.4) is 0 Å². The molecule has 0 unspecified atom stereocenters. The van der Waals surface area contributed by atoms with Gasteiger partial charge in [-0.3, -0.25) is 19.3 Å². The summed E-state index contributed by atoms with van der Waals surface area (Å²) >= 11 is 0. The highest BCUT2D eigenvalue weighted by Gasteiger charge is 2.29. The summed E-state index contributed by atoms with van der Waals surface area (Å²) in [5.74, 6) is -1.76. The van der Waals surface area contributed by atoms with Crippen molar-refractivity contribution in [3.05, 3.63) is 54.6 Å². The highest BCUT2D eigenvalue weighted by Crippen LogP contribution is 2.27. The van der Waals surface area contributed by atoms with Crippen molar-refractivity contribution in [1.29, 1.82) is 0 Å². The van der Waals surface area contributed by atoms with Gasteiger partial charge in [-0.15, -0.1) is 0 Å². The molecule has 0 spiro atoms. The summed E-state index contributed by atoms with van der Waals surface area (Å²) in [6.07, 6.45) is 1.13. The van der Waals surface area contributed by atoms with Crippen LogP contribution in [0.1, 0.15) is 19.8 Å². The molecule has 9 heteroatoms. The molecule has 0 radical (unpaired) electrons. The second-order valence-electron chi connectivity index (χ2n) is 7.95. The third-order valence-electron chi connectivity index (χ3n) is 5.68. The molecular formula is C25H27N3O6. The zero-order valence-corrected chi connectivity index (χ0v) is 19.0. The lowest BCUT2D eigenvalue weighted by atomic mass is 9.97. The number of piperidine rings is 1. The Morgan fingerprint density at radius 3 is 2.44 bits per heavy atom. The average molecular weight is 466 g/mol. The molecule has 1 fully saturated rings. The first-order chi connectivity index (χ1) is 16.5. The molecule has 178 valence electrons. The summed E-state index contributed by atoms with van der Waals surface area (Å²) in [4.78, 5) is 45.2. The maximum absolute atomic E-state index is 12.8. The predicted molar refractivity (Wildman–Crippen MR) is 125 cm³/mol. The Labute approximate surface area is 197 Å². The molecule has 1 aliphatic heterocycles. The van der Waals surface area contributed by atoms with E-state index in [1.165, 1.54) is 4.90 Å². The molecule has 1 saturated heterocycles. The Morgan fingerprint density at radius 2 is 1.74 bits per heavy atom. The second kappa shape index (κ2) is 10.8. The Kier molecular flexibility index (Phi) is 7.41. The summed E-state index contributed by atoms with van der Waals surface area (Å²) in [6, 6.07) is 16.9. The van der Waals surface area contributed by atoms with Crippen molar-refractivity contribution in [1.82, 2.24) is 4.98 Å². The third-order valence-corrected chi connectivity index (χ3v) is 5.68. The van der Waals surface area contributed by atoms with E-state index in [0.717, 1.165) is 11.1 Å². The maximum Gasteiger partial charge on any atom is 0.326 e. The minimum Gasteiger partial charge on any atom is -0.465 e. The number of para-hydroxylation sites is 3. The first kappa shape index (κ1) is 23.3. The Hall–Kier alpha value is -3.88. The van der Waals surface area contributed by atoms with E-state index in [0.29, 0.717) is 37.6 Å². The summed E-state index contributed by atoms with van der Waals surface area (Å²) < 4.78 is 16.1. The molecule has 0 aliphatic carbocycles. The number of fused-ring (bicyclic) bond motifs is 1. The molecule has 0 N–H and O–H groups in total. The van der Waals surface area contributed by atoms with E-state index in [-0.39, 0.29) is 19.1 Å². The van der Waals surface area contributed by atoms with Gasteiger partial charge in [0.1, 0.15) is 12.1 Å². The zero-order chi connectivity index (χ0) is 23.9. The van der Waals surface area contributed by atoms with Crippen LogP contribution in [0.5, 0.6) is 0 Å². The lowest BCUT2D eigenvalue weighted by Crippen LogP contribution is -2.41. The van der Waals surface area contributed by atoms with Gasteiger partial charge < -0.3 is 18.8 Å². The van der Waals surface area contributed by atoms with E-state index in [2.05, 4.69) is 4.98 Å². The molecule has 0 atom stereocenters. The number of carbonyl (C=O) groups excluding carboxylic acids is 3. The molecule has 3 aromatic rings. The van der Waals surface area contributed by atoms with Crippen LogP contribution in [0.4, 0.5) is 11.7 Å². The fourth-order valence-corrected chi connectivity index (χ4v) is 3.90. The van der Waals surface area contributed by atoms with Crippen LogP contribution in [0, 0.1) is 5.92 Å². The lowest BCUT2D eigenvalue weighted by Gasteiger charge is -2.29. The monoisotopic (exact) mass is 465 g/mol. The Bertz CT molecular complexity index is 1100. The summed E-state index contributed by atoms with van der Waals surface area (Å²) in [5.41, 5.74) is 2.05. The number of carbonyl (C=O) groups is 3. The smallest absolute Gasteiger partial charge is 0.326 e. The van der Waals surface area contributed by atoms with Crippen LogP contribution >= 0.6 is 0 Å². The molecule has 9 nitrogen and oxygen atoms in total. The van der Waals surface area contributed by atoms with Gasteiger partial charge in [-0.2, -0.15) is 4.98 Å². The predicted octanol–water partition coefficient (Wildman–Crippen LogP) is 3.18. The van der Waals surface area contributed by atoms with Gasteiger partial charge in [0, 0.05) is 18.8 Å². The van der Waals surface area contributed by atoms with E-state index in [1.807, 2.05) is 35.2 Å². The van der Waals surface area contributed by atoms with Crippen LogP contribution in [0.15, 0.2) is 59.0 Å². The Morgan fingerprint density at radius 1 is 1.03 bits per heavy atom. The molecular weight excluding hydrogens is 438 g/mol. The largest absolute Gasteiger partial charge is 0.465 e. The minimum absolute atomic E-state index is 0.215. The van der Waals surface area contributed by atoms with Crippen molar-refractivity contribution in [3.8, 4) is 0 Å². The van der Waals surface area contributed by atoms with Gasteiger partial charge in [0.25, 0.3) is 11.9 Å². The normalized spacial score (nSPS) is 14.1. The molecule has 4 rings (SSSR count). The summed E-state index contributed by atoms with van der Waals surface area (Å²) in [6.45, 7) is 2.41. The number of ether oxygens (including phenoxy) is 2. The van der Waals surface area contributed by atoms with Crippen LogP contribution in [-0.2, 0) is 23.9 Å². The average Bonchev–Trinajstić information content (AvgIpc) is 3.31. The summed E-state index contributed by atoms with van der Waals surface area (Å²) in [7, 11) is 0. The SMILES string of the molecule is CCOC(=O)CN(C(=O)COC(=O)C1CCN(c2nc3ccccc3o2)CC1)c1ccccc1. The Balaban J connectivity index is 1.30. The number of amides is 1. The number of aromatic nitrogens is 1. The molecule has 1 amide bonds. The maximum atomic E-state index is 12.8. The molecule has 34 heavy (non-hydrogen) atoms. The molecule has 1 aliphatic rings. The molecule has 2 aromatic carbocycles. The van der Waals surface area contributed by atoms with Crippen molar-refractivity contribution in [2.75, 3.05) is 42.6 Å². The van der Waals surface area contributed by atoms with Gasteiger partial charge in [-0.05, 0) is 44.0 Å². The number of oxazole rings is 1. The van der Waals surface area contributed by atoms with Gasteiger partial charge in [-0.1, -0.05) is 30.3 Å².